The van der Waals surface area contributed by atoms with Gasteiger partial charge < -0.3 is 0 Å². The van der Waals surface area contributed by atoms with Gasteiger partial charge >= 0.3 is 0 Å². The van der Waals surface area contributed by atoms with Gasteiger partial charge in [0.25, 0.3) is 0 Å². The average molecular weight is 226 g/mol. The largest absolute Gasteiger partial charge is 0.264 e. The summed E-state index contributed by atoms with van der Waals surface area (Å²) in [6.07, 6.45) is 3.04. The molecule has 0 aliphatic rings. The van der Waals surface area contributed by atoms with E-state index in [1.807, 2.05) is 11.6 Å². The van der Waals surface area contributed by atoms with Crippen molar-refractivity contribution in [2.24, 2.45) is 0 Å². The lowest BCUT2D eigenvalue weighted by atomic mass is 10.4. The highest BCUT2D eigenvalue weighted by Crippen LogP contribution is 2.24. The molecule has 0 aliphatic carbocycles. The van der Waals surface area contributed by atoms with Crippen molar-refractivity contribution in [2.75, 3.05) is 0 Å². The van der Waals surface area contributed by atoms with E-state index in [1.54, 1.807) is 11.0 Å². The van der Waals surface area contributed by atoms with Crippen LogP contribution in [-0.2, 0) is 0 Å². The Hall–Kier alpha value is -1.36. The van der Waals surface area contributed by atoms with Crippen LogP contribution in [0.15, 0.2) is 12.7 Å². The van der Waals surface area contributed by atoms with Crippen LogP contribution in [0, 0.1) is 6.92 Å². The molecule has 5 nitrogen and oxygen atoms in total. The molecule has 0 radical (unpaired) electrons. The van der Waals surface area contributed by atoms with E-state index in [-0.39, 0.29) is 6.04 Å². The summed E-state index contributed by atoms with van der Waals surface area (Å²) in [7, 11) is 0. The van der Waals surface area contributed by atoms with Gasteiger partial charge in [-0.2, -0.15) is 14.9 Å². The van der Waals surface area contributed by atoms with Crippen LogP contribution in [-0.4, -0.2) is 24.5 Å². The van der Waals surface area contributed by atoms with E-state index in [1.165, 1.54) is 6.33 Å². The minimum absolute atomic E-state index is 0.278. The second-order valence-corrected chi connectivity index (χ2v) is 3.98. The third-order valence-corrected chi connectivity index (χ3v) is 2.63. The molecule has 0 aromatic carbocycles. The van der Waals surface area contributed by atoms with Crippen LogP contribution in [0.2, 0.25) is 5.02 Å². The van der Waals surface area contributed by atoms with Crippen LogP contribution in [0.4, 0.5) is 0 Å². The molecule has 0 N–H and O–H groups in total. The molecule has 0 bridgehead atoms. The first-order valence-corrected chi connectivity index (χ1v) is 5.08. The molecule has 0 saturated carbocycles. The summed E-state index contributed by atoms with van der Waals surface area (Å²) in [6, 6.07) is 0.278. The molecule has 2 aromatic heterocycles. The molecule has 15 heavy (non-hydrogen) atoms. The summed E-state index contributed by atoms with van der Waals surface area (Å²) in [5.41, 5.74) is 0.942. The van der Waals surface area contributed by atoms with Crippen molar-refractivity contribution in [3.05, 3.63) is 23.4 Å². The third kappa shape index (κ3) is 1.63. The van der Waals surface area contributed by atoms with E-state index in [4.69, 9.17) is 11.6 Å². The standard InChI is InChI=1S/C9H12ClN5/c1-6(2)15-7(3)8(10)9(13-15)14-5-11-4-12-14/h4-6H,1-3H3. The first-order valence-electron chi connectivity index (χ1n) is 4.71. The van der Waals surface area contributed by atoms with Gasteiger partial charge in [0.15, 0.2) is 5.82 Å². The van der Waals surface area contributed by atoms with Crippen molar-refractivity contribution >= 4 is 11.6 Å². The number of rotatable bonds is 2. The minimum atomic E-state index is 0.278. The van der Waals surface area contributed by atoms with Crippen molar-refractivity contribution in [2.45, 2.75) is 26.8 Å². The number of hydrogen-bond acceptors (Lipinski definition) is 3. The minimum Gasteiger partial charge on any atom is -0.264 e. The Kier molecular flexibility index (Phi) is 2.48. The zero-order chi connectivity index (χ0) is 11.0. The zero-order valence-corrected chi connectivity index (χ0v) is 9.60. The maximum atomic E-state index is 6.18. The second-order valence-electron chi connectivity index (χ2n) is 3.60. The highest BCUT2D eigenvalue weighted by molar-refractivity contribution is 6.32. The van der Waals surface area contributed by atoms with E-state index in [2.05, 4.69) is 29.0 Å². The normalized spacial score (nSPS) is 11.3. The Morgan fingerprint density at radius 1 is 1.40 bits per heavy atom. The Labute approximate surface area is 92.7 Å². The molecule has 2 rings (SSSR count). The summed E-state index contributed by atoms with van der Waals surface area (Å²) < 4.78 is 3.44. The molecular formula is C9H12ClN5. The number of aromatic nitrogens is 5. The Morgan fingerprint density at radius 2 is 2.13 bits per heavy atom. The zero-order valence-electron chi connectivity index (χ0n) is 8.85. The third-order valence-electron chi connectivity index (χ3n) is 2.18. The summed E-state index contributed by atoms with van der Waals surface area (Å²) in [6.45, 7) is 6.05. The van der Waals surface area contributed by atoms with Gasteiger partial charge in [-0.05, 0) is 20.8 Å². The van der Waals surface area contributed by atoms with Gasteiger partial charge in [0, 0.05) is 6.04 Å². The highest BCUT2D eigenvalue weighted by atomic mass is 35.5. The van der Waals surface area contributed by atoms with Crippen LogP contribution in [0.25, 0.3) is 5.82 Å². The van der Waals surface area contributed by atoms with E-state index < -0.39 is 0 Å². The van der Waals surface area contributed by atoms with Gasteiger partial charge in [-0.1, -0.05) is 11.6 Å². The fraction of sp³-hybridized carbons (Fsp3) is 0.444. The topological polar surface area (TPSA) is 48.5 Å². The van der Waals surface area contributed by atoms with E-state index in [0.717, 1.165) is 5.69 Å². The van der Waals surface area contributed by atoms with Gasteiger partial charge in [0.05, 0.1) is 5.69 Å². The number of nitrogens with zero attached hydrogens (tertiary/aromatic N) is 5. The van der Waals surface area contributed by atoms with Crippen molar-refractivity contribution in [1.82, 2.24) is 24.5 Å². The molecule has 6 heteroatoms. The molecule has 80 valence electrons. The monoisotopic (exact) mass is 225 g/mol. The molecule has 0 atom stereocenters. The quantitative estimate of drug-likeness (QED) is 0.786. The summed E-state index contributed by atoms with van der Waals surface area (Å²) in [4.78, 5) is 3.87. The first kappa shape index (κ1) is 10.2. The second kappa shape index (κ2) is 3.66. The molecule has 0 aliphatic heterocycles. The SMILES string of the molecule is Cc1c(Cl)c(-n2cncn2)nn1C(C)C. The van der Waals surface area contributed by atoms with E-state index in [0.29, 0.717) is 10.8 Å². The van der Waals surface area contributed by atoms with E-state index in [9.17, 15) is 0 Å². The fourth-order valence-corrected chi connectivity index (χ4v) is 1.66. The van der Waals surface area contributed by atoms with Crippen LogP contribution >= 0.6 is 11.6 Å². The molecule has 0 saturated heterocycles. The average Bonchev–Trinajstić information content (AvgIpc) is 2.77. The summed E-state index contributed by atoms with van der Waals surface area (Å²) >= 11 is 6.18. The van der Waals surface area contributed by atoms with Gasteiger partial charge in [-0.15, -0.1) is 0 Å². The van der Waals surface area contributed by atoms with Crippen molar-refractivity contribution in [3.63, 3.8) is 0 Å². The van der Waals surface area contributed by atoms with Crippen molar-refractivity contribution < 1.29 is 0 Å². The molecule has 0 spiro atoms. The highest BCUT2D eigenvalue weighted by Gasteiger charge is 2.16. The maximum absolute atomic E-state index is 6.18. The lowest BCUT2D eigenvalue weighted by molar-refractivity contribution is 0.515. The van der Waals surface area contributed by atoms with Gasteiger partial charge in [-0.25, -0.2) is 4.98 Å². The number of hydrogen-bond donors (Lipinski definition) is 0. The smallest absolute Gasteiger partial charge is 0.195 e. The summed E-state index contributed by atoms with van der Waals surface area (Å²) in [5, 5.41) is 9.02. The van der Waals surface area contributed by atoms with Crippen LogP contribution in [0.1, 0.15) is 25.6 Å². The maximum Gasteiger partial charge on any atom is 0.195 e. The van der Waals surface area contributed by atoms with Crippen LogP contribution < -0.4 is 0 Å². The van der Waals surface area contributed by atoms with Crippen molar-refractivity contribution in [3.8, 4) is 5.82 Å². The predicted molar refractivity (Wildman–Crippen MR) is 57.3 cm³/mol. The lowest BCUT2D eigenvalue weighted by Gasteiger charge is -2.06. The predicted octanol–water partition coefficient (Wildman–Crippen LogP) is 2.01. The molecule has 0 fully saturated rings. The Morgan fingerprint density at radius 3 is 2.60 bits per heavy atom. The Balaban J connectivity index is 2.55. The van der Waals surface area contributed by atoms with Crippen LogP contribution in [0.5, 0.6) is 0 Å². The number of halogens is 1. The Bertz CT molecular complexity index is 457. The van der Waals surface area contributed by atoms with Crippen LogP contribution in [0.3, 0.4) is 0 Å². The molecule has 0 unspecified atom stereocenters. The first-order chi connectivity index (χ1) is 7.11. The van der Waals surface area contributed by atoms with Gasteiger partial charge in [0.2, 0.25) is 0 Å². The van der Waals surface area contributed by atoms with Crippen molar-refractivity contribution in [1.29, 1.82) is 0 Å². The van der Waals surface area contributed by atoms with E-state index >= 15 is 0 Å². The van der Waals surface area contributed by atoms with Gasteiger partial charge in [0.1, 0.15) is 17.7 Å². The fourth-order valence-electron chi connectivity index (χ4n) is 1.45. The lowest BCUT2D eigenvalue weighted by Crippen LogP contribution is -2.05. The molecule has 2 aromatic rings. The molecule has 2 heterocycles. The summed E-state index contributed by atoms with van der Waals surface area (Å²) in [5.74, 6) is 0.625. The van der Waals surface area contributed by atoms with Gasteiger partial charge in [-0.3, -0.25) is 4.68 Å². The molecular weight excluding hydrogens is 214 g/mol. The molecule has 0 amide bonds.